The zero-order valence-corrected chi connectivity index (χ0v) is 9.71. The van der Waals surface area contributed by atoms with Gasteiger partial charge in [0.1, 0.15) is 0 Å². The molecule has 0 saturated carbocycles. The van der Waals surface area contributed by atoms with Gasteiger partial charge < -0.3 is 19.5 Å². The third kappa shape index (κ3) is 8.44. The fourth-order valence-electron chi connectivity index (χ4n) is 1.16. The third-order valence-corrected chi connectivity index (χ3v) is 1.82. The van der Waals surface area contributed by atoms with Crippen LogP contribution in [0.2, 0.25) is 0 Å². The van der Waals surface area contributed by atoms with Crippen LogP contribution in [-0.2, 0) is 14.2 Å². The van der Waals surface area contributed by atoms with Crippen LogP contribution < -0.4 is 5.32 Å². The first-order valence-electron chi connectivity index (χ1n) is 5.03. The van der Waals surface area contributed by atoms with Crippen LogP contribution in [0, 0.1) is 0 Å². The number of methoxy groups -OCH3 is 2. The van der Waals surface area contributed by atoms with Gasteiger partial charge in [-0.15, -0.1) is 0 Å². The molecule has 0 radical (unpaired) electrons. The highest BCUT2D eigenvalue weighted by Gasteiger charge is 2.02. The second kappa shape index (κ2) is 9.40. The maximum atomic E-state index is 5.48. The Bertz CT molecular complexity index is 108. The Morgan fingerprint density at radius 2 is 1.71 bits per heavy atom. The van der Waals surface area contributed by atoms with E-state index >= 15 is 0 Å². The highest BCUT2D eigenvalue weighted by Crippen LogP contribution is 1.90. The number of hydrogen-bond donors (Lipinski definition) is 1. The Morgan fingerprint density at radius 1 is 1.07 bits per heavy atom. The monoisotopic (exact) mass is 205 g/mol. The van der Waals surface area contributed by atoms with E-state index in [0.717, 1.165) is 13.2 Å². The fourth-order valence-corrected chi connectivity index (χ4v) is 1.16. The molecule has 1 N–H and O–H groups in total. The molecule has 86 valence electrons. The van der Waals surface area contributed by atoms with Crippen LogP contribution in [0.25, 0.3) is 0 Å². The Labute approximate surface area is 86.9 Å². The average Bonchev–Trinajstić information content (AvgIpc) is 2.13. The van der Waals surface area contributed by atoms with Gasteiger partial charge in [0.25, 0.3) is 0 Å². The molecule has 0 aliphatic heterocycles. The van der Waals surface area contributed by atoms with Gasteiger partial charge in [-0.3, -0.25) is 0 Å². The smallest absolute Gasteiger partial charge is 0.0780 e. The van der Waals surface area contributed by atoms with Crippen LogP contribution in [0.1, 0.15) is 13.8 Å². The standard InChI is InChI=1S/C10H23NO3/c1-9(7-12-3)11-5-6-14-10(2)8-13-4/h9-11H,5-8H2,1-4H3. The molecular formula is C10H23NO3. The zero-order valence-electron chi connectivity index (χ0n) is 9.71. The maximum Gasteiger partial charge on any atom is 0.0780 e. The average molecular weight is 205 g/mol. The van der Waals surface area contributed by atoms with Crippen molar-refractivity contribution in [2.24, 2.45) is 0 Å². The van der Waals surface area contributed by atoms with E-state index in [1.807, 2.05) is 6.92 Å². The Kier molecular flexibility index (Phi) is 9.29. The second-order valence-corrected chi connectivity index (χ2v) is 3.45. The fraction of sp³-hybridized carbons (Fsp3) is 1.00. The maximum absolute atomic E-state index is 5.48. The van der Waals surface area contributed by atoms with E-state index in [9.17, 15) is 0 Å². The molecule has 2 atom stereocenters. The molecule has 0 saturated heterocycles. The molecule has 0 heterocycles. The van der Waals surface area contributed by atoms with Crippen molar-refractivity contribution in [2.75, 3.05) is 40.6 Å². The number of ether oxygens (including phenoxy) is 3. The summed E-state index contributed by atoms with van der Waals surface area (Å²) >= 11 is 0. The molecule has 14 heavy (non-hydrogen) atoms. The van der Waals surface area contributed by atoms with E-state index < -0.39 is 0 Å². The van der Waals surface area contributed by atoms with Crippen LogP contribution in [0.4, 0.5) is 0 Å². The van der Waals surface area contributed by atoms with E-state index in [1.54, 1.807) is 14.2 Å². The van der Waals surface area contributed by atoms with Crippen molar-refractivity contribution in [1.29, 1.82) is 0 Å². The van der Waals surface area contributed by atoms with Crippen molar-refractivity contribution in [3.63, 3.8) is 0 Å². The topological polar surface area (TPSA) is 39.7 Å². The summed E-state index contributed by atoms with van der Waals surface area (Å²) in [5.41, 5.74) is 0. The molecule has 0 fully saturated rings. The van der Waals surface area contributed by atoms with Crippen molar-refractivity contribution in [3.8, 4) is 0 Å². The highest BCUT2D eigenvalue weighted by molar-refractivity contribution is 4.58. The van der Waals surface area contributed by atoms with Crippen molar-refractivity contribution < 1.29 is 14.2 Å². The van der Waals surface area contributed by atoms with Gasteiger partial charge in [-0.25, -0.2) is 0 Å². The molecule has 0 aromatic carbocycles. The summed E-state index contributed by atoms with van der Waals surface area (Å²) in [5.74, 6) is 0. The largest absolute Gasteiger partial charge is 0.383 e. The number of rotatable bonds is 9. The molecule has 4 heteroatoms. The minimum atomic E-state index is 0.166. The summed E-state index contributed by atoms with van der Waals surface area (Å²) in [4.78, 5) is 0. The molecule has 0 amide bonds. The van der Waals surface area contributed by atoms with Gasteiger partial charge in [0.15, 0.2) is 0 Å². The molecule has 4 nitrogen and oxygen atoms in total. The van der Waals surface area contributed by atoms with Gasteiger partial charge in [-0.05, 0) is 13.8 Å². The minimum absolute atomic E-state index is 0.166. The van der Waals surface area contributed by atoms with E-state index in [2.05, 4.69) is 12.2 Å². The molecule has 2 unspecified atom stereocenters. The van der Waals surface area contributed by atoms with Gasteiger partial charge in [0.2, 0.25) is 0 Å². The molecule has 0 aromatic heterocycles. The first-order valence-corrected chi connectivity index (χ1v) is 5.03. The van der Waals surface area contributed by atoms with Crippen molar-refractivity contribution in [1.82, 2.24) is 5.32 Å². The summed E-state index contributed by atoms with van der Waals surface area (Å²) < 4.78 is 15.4. The molecule has 0 aliphatic carbocycles. The van der Waals surface area contributed by atoms with Gasteiger partial charge >= 0.3 is 0 Å². The summed E-state index contributed by atoms with van der Waals surface area (Å²) in [6, 6.07) is 0.376. The van der Waals surface area contributed by atoms with Gasteiger partial charge in [-0.1, -0.05) is 0 Å². The lowest BCUT2D eigenvalue weighted by atomic mass is 10.3. The second-order valence-electron chi connectivity index (χ2n) is 3.45. The SMILES string of the molecule is COCC(C)NCCOC(C)COC. The quantitative estimate of drug-likeness (QED) is 0.561. The predicted octanol–water partition coefficient (Wildman–Crippen LogP) is 0.662. The first kappa shape index (κ1) is 13.8. The lowest BCUT2D eigenvalue weighted by Crippen LogP contribution is -2.33. The normalized spacial score (nSPS) is 15.4. The van der Waals surface area contributed by atoms with Gasteiger partial charge in [0, 0.05) is 26.8 Å². The first-order chi connectivity index (χ1) is 6.70. The van der Waals surface area contributed by atoms with Gasteiger partial charge in [0.05, 0.1) is 25.9 Å². The number of hydrogen-bond acceptors (Lipinski definition) is 4. The zero-order chi connectivity index (χ0) is 10.8. The molecule has 0 rings (SSSR count). The molecule has 0 aromatic rings. The lowest BCUT2D eigenvalue weighted by molar-refractivity contribution is 0.00951. The van der Waals surface area contributed by atoms with Crippen molar-refractivity contribution >= 4 is 0 Å². The van der Waals surface area contributed by atoms with E-state index in [1.165, 1.54) is 0 Å². The summed E-state index contributed by atoms with van der Waals surface area (Å²) in [5, 5.41) is 3.29. The Balaban J connectivity index is 3.19. The van der Waals surface area contributed by atoms with E-state index in [-0.39, 0.29) is 6.10 Å². The van der Waals surface area contributed by atoms with E-state index in [4.69, 9.17) is 14.2 Å². The molecular weight excluding hydrogens is 182 g/mol. The Hall–Kier alpha value is -0.160. The minimum Gasteiger partial charge on any atom is -0.383 e. The predicted molar refractivity (Wildman–Crippen MR) is 56.6 cm³/mol. The molecule has 0 aliphatic rings. The van der Waals surface area contributed by atoms with Crippen molar-refractivity contribution in [2.45, 2.75) is 26.0 Å². The van der Waals surface area contributed by atoms with Crippen LogP contribution in [0.3, 0.4) is 0 Å². The van der Waals surface area contributed by atoms with Crippen molar-refractivity contribution in [3.05, 3.63) is 0 Å². The summed E-state index contributed by atoms with van der Waals surface area (Å²) in [7, 11) is 3.38. The van der Waals surface area contributed by atoms with Crippen LogP contribution in [0.5, 0.6) is 0 Å². The molecule has 0 bridgehead atoms. The van der Waals surface area contributed by atoms with Crippen LogP contribution in [0.15, 0.2) is 0 Å². The highest BCUT2D eigenvalue weighted by atomic mass is 16.5. The summed E-state index contributed by atoms with van der Waals surface area (Å²) in [6.45, 7) is 7.02. The molecule has 0 spiro atoms. The van der Waals surface area contributed by atoms with Crippen LogP contribution in [-0.4, -0.2) is 52.7 Å². The third-order valence-electron chi connectivity index (χ3n) is 1.82. The summed E-state index contributed by atoms with van der Waals surface area (Å²) in [6.07, 6.45) is 0.166. The lowest BCUT2D eigenvalue weighted by Gasteiger charge is -2.15. The van der Waals surface area contributed by atoms with Crippen LogP contribution >= 0.6 is 0 Å². The number of nitrogens with one attached hydrogen (secondary N) is 1. The van der Waals surface area contributed by atoms with Gasteiger partial charge in [-0.2, -0.15) is 0 Å². The Morgan fingerprint density at radius 3 is 2.29 bits per heavy atom. The van der Waals surface area contributed by atoms with E-state index in [0.29, 0.717) is 19.3 Å².